The van der Waals surface area contributed by atoms with Crippen LogP contribution in [0.3, 0.4) is 0 Å². The minimum absolute atomic E-state index is 0.236. The van der Waals surface area contributed by atoms with Crippen molar-refractivity contribution in [3.8, 4) is 0 Å². The van der Waals surface area contributed by atoms with Gasteiger partial charge >= 0.3 is 6.03 Å². The molecule has 0 radical (unpaired) electrons. The van der Waals surface area contributed by atoms with Crippen LogP contribution in [0.5, 0.6) is 0 Å². The van der Waals surface area contributed by atoms with Crippen LogP contribution in [0.4, 0.5) is 10.5 Å². The monoisotopic (exact) mass is 264 g/mol. The van der Waals surface area contributed by atoms with Crippen LogP contribution in [0.15, 0.2) is 24.3 Å². The third kappa shape index (κ3) is 5.75. The molecule has 1 aromatic carbocycles. The van der Waals surface area contributed by atoms with Gasteiger partial charge in [0.15, 0.2) is 0 Å². The molecule has 0 saturated carbocycles. The lowest BCUT2D eigenvalue weighted by molar-refractivity contribution is 0.160. The molecule has 1 unspecified atom stereocenters. The first-order valence-corrected chi connectivity index (χ1v) is 6.85. The summed E-state index contributed by atoms with van der Waals surface area (Å²) in [5.74, 6) is 0.485. The van der Waals surface area contributed by atoms with E-state index in [2.05, 4.69) is 24.5 Å². The average molecular weight is 264 g/mol. The Morgan fingerprint density at radius 2 is 1.89 bits per heavy atom. The molecule has 0 aliphatic rings. The first kappa shape index (κ1) is 15.5. The summed E-state index contributed by atoms with van der Waals surface area (Å²) in [5, 5.41) is 14.9. The number of hydrogen-bond donors (Lipinski definition) is 3. The Labute approximate surface area is 115 Å². The number of carbonyl (C=O) groups is 1. The molecule has 0 aliphatic heterocycles. The number of nitrogens with one attached hydrogen (secondary N) is 2. The zero-order valence-electron chi connectivity index (χ0n) is 11.9. The van der Waals surface area contributed by atoms with Crippen molar-refractivity contribution in [1.82, 2.24) is 5.32 Å². The Morgan fingerprint density at radius 3 is 2.42 bits per heavy atom. The van der Waals surface area contributed by atoms with E-state index in [9.17, 15) is 9.90 Å². The number of rotatable bonds is 6. The maximum atomic E-state index is 11.6. The summed E-state index contributed by atoms with van der Waals surface area (Å²) < 4.78 is 0. The van der Waals surface area contributed by atoms with Gasteiger partial charge in [0.1, 0.15) is 0 Å². The summed E-state index contributed by atoms with van der Waals surface area (Å²) in [6.07, 6.45) is 0.946. The fourth-order valence-corrected chi connectivity index (χ4v) is 1.68. The van der Waals surface area contributed by atoms with E-state index in [0.29, 0.717) is 25.3 Å². The number of aliphatic hydroxyl groups excluding tert-OH is 1. The van der Waals surface area contributed by atoms with Crippen LogP contribution in [-0.2, 0) is 0 Å². The smallest absolute Gasteiger partial charge is 0.319 e. The molecule has 0 fully saturated rings. The zero-order chi connectivity index (χ0) is 14.3. The quantitative estimate of drug-likeness (QED) is 0.739. The van der Waals surface area contributed by atoms with Crippen molar-refractivity contribution in [1.29, 1.82) is 0 Å². The summed E-state index contributed by atoms with van der Waals surface area (Å²) in [7, 11) is 0. The summed E-state index contributed by atoms with van der Waals surface area (Å²) in [4.78, 5) is 11.6. The summed E-state index contributed by atoms with van der Waals surface area (Å²) in [6, 6.07) is 7.59. The van der Waals surface area contributed by atoms with Crippen molar-refractivity contribution >= 4 is 11.7 Å². The van der Waals surface area contributed by atoms with Gasteiger partial charge in [-0.2, -0.15) is 0 Å². The van der Waals surface area contributed by atoms with Crippen LogP contribution in [0.25, 0.3) is 0 Å². The largest absolute Gasteiger partial charge is 0.393 e. The van der Waals surface area contributed by atoms with Crippen molar-refractivity contribution in [2.75, 3.05) is 11.9 Å². The van der Waals surface area contributed by atoms with E-state index in [1.54, 1.807) is 0 Å². The van der Waals surface area contributed by atoms with Gasteiger partial charge < -0.3 is 15.7 Å². The number of anilines is 1. The van der Waals surface area contributed by atoms with Crippen molar-refractivity contribution < 1.29 is 9.90 Å². The number of aliphatic hydroxyl groups is 1. The molecule has 4 nitrogen and oxygen atoms in total. The Bertz CT molecular complexity index is 388. The Balaban J connectivity index is 2.36. The molecule has 1 rings (SSSR count). The Kier molecular flexibility index (Phi) is 6.36. The topological polar surface area (TPSA) is 61.4 Å². The van der Waals surface area contributed by atoms with Crippen LogP contribution in [0.1, 0.15) is 45.1 Å². The zero-order valence-corrected chi connectivity index (χ0v) is 11.9. The lowest BCUT2D eigenvalue weighted by atomic mass is 10.0. The molecule has 2 amide bonds. The Hall–Kier alpha value is -1.55. The number of amides is 2. The van der Waals surface area contributed by atoms with Crippen molar-refractivity contribution in [3.05, 3.63) is 29.8 Å². The molecule has 0 heterocycles. The van der Waals surface area contributed by atoms with Gasteiger partial charge in [-0.05, 0) is 36.5 Å². The van der Waals surface area contributed by atoms with E-state index in [1.807, 2.05) is 31.2 Å². The highest BCUT2D eigenvalue weighted by molar-refractivity contribution is 5.89. The van der Waals surface area contributed by atoms with E-state index in [4.69, 9.17) is 0 Å². The van der Waals surface area contributed by atoms with Crippen LogP contribution in [-0.4, -0.2) is 23.8 Å². The molecule has 0 aliphatic carbocycles. The summed E-state index contributed by atoms with van der Waals surface area (Å²) >= 11 is 0. The van der Waals surface area contributed by atoms with E-state index >= 15 is 0 Å². The van der Waals surface area contributed by atoms with Gasteiger partial charge in [0, 0.05) is 12.2 Å². The number of hydrogen-bond acceptors (Lipinski definition) is 2. The SMILES string of the molecule is CCC(O)CCNC(=O)Nc1ccc(C(C)C)cc1. The molecule has 106 valence electrons. The number of benzene rings is 1. The minimum atomic E-state index is -0.342. The maximum Gasteiger partial charge on any atom is 0.319 e. The average Bonchev–Trinajstić information content (AvgIpc) is 2.39. The van der Waals surface area contributed by atoms with Crippen molar-refractivity contribution in [3.63, 3.8) is 0 Å². The predicted molar refractivity (Wildman–Crippen MR) is 78.5 cm³/mol. The van der Waals surface area contributed by atoms with Crippen LogP contribution >= 0.6 is 0 Å². The van der Waals surface area contributed by atoms with E-state index in [-0.39, 0.29) is 12.1 Å². The number of carbonyl (C=O) groups excluding carboxylic acids is 1. The first-order valence-electron chi connectivity index (χ1n) is 6.85. The molecule has 19 heavy (non-hydrogen) atoms. The van der Waals surface area contributed by atoms with Gasteiger partial charge in [0.25, 0.3) is 0 Å². The molecule has 1 atom stereocenters. The fourth-order valence-electron chi connectivity index (χ4n) is 1.68. The first-order chi connectivity index (χ1) is 9.02. The van der Waals surface area contributed by atoms with Gasteiger partial charge in [-0.15, -0.1) is 0 Å². The van der Waals surface area contributed by atoms with Crippen LogP contribution in [0.2, 0.25) is 0 Å². The Morgan fingerprint density at radius 1 is 1.26 bits per heavy atom. The molecule has 0 bridgehead atoms. The van der Waals surface area contributed by atoms with E-state index < -0.39 is 0 Å². The van der Waals surface area contributed by atoms with Gasteiger partial charge in [-0.3, -0.25) is 0 Å². The molecule has 1 aromatic rings. The molecular weight excluding hydrogens is 240 g/mol. The fraction of sp³-hybridized carbons (Fsp3) is 0.533. The standard InChI is InChI=1S/C15H24N2O2/c1-4-14(18)9-10-16-15(19)17-13-7-5-12(6-8-13)11(2)3/h5-8,11,14,18H,4,9-10H2,1-3H3,(H2,16,17,19). The second-order valence-electron chi connectivity index (χ2n) is 5.01. The minimum Gasteiger partial charge on any atom is -0.393 e. The molecular formula is C15H24N2O2. The molecule has 0 aromatic heterocycles. The second kappa shape index (κ2) is 7.79. The third-order valence-electron chi connectivity index (χ3n) is 3.07. The lowest BCUT2D eigenvalue weighted by Gasteiger charge is -2.11. The van der Waals surface area contributed by atoms with Gasteiger partial charge in [0.2, 0.25) is 0 Å². The van der Waals surface area contributed by atoms with Gasteiger partial charge in [-0.1, -0.05) is 32.9 Å². The summed E-state index contributed by atoms with van der Waals surface area (Å²) in [5.41, 5.74) is 2.02. The third-order valence-corrected chi connectivity index (χ3v) is 3.07. The normalized spacial score (nSPS) is 12.3. The highest BCUT2D eigenvalue weighted by Crippen LogP contribution is 2.16. The maximum absolute atomic E-state index is 11.6. The second-order valence-corrected chi connectivity index (χ2v) is 5.01. The molecule has 4 heteroatoms. The van der Waals surface area contributed by atoms with Crippen LogP contribution < -0.4 is 10.6 Å². The van der Waals surface area contributed by atoms with Gasteiger partial charge in [0.05, 0.1) is 6.10 Å². The highest BCUT2D eigenvalue weighted by Gasteiger charge is 2.04. The van der Waals surface area contributed by atoms with Crippen molar-refractivity contribution in [2.45, 2.75) is 45.6 Å². The predicted octanol–water partition coefficient (Wildman–Crippen LogP) is 3.09. The summed E-state index contributed by atoms with van der Waals surface area (Å²) in [6.45, 7) is 6.66. The highest BCUT2D eigenvalue weighted by atomic mass is 16.3. The lowest BCUT2D eigenvalue weighted by Crippen LogP contribution is -2.31. The van der Waals surface area contributed by atoms with E-state index in [0.717, 1.165) is 5.69 Å². The van der Waals surface area contributed by atoms with E-state index in [1.165, 1.54) is 5.56 Å². The molecule has 3 N–H and O–H groups in total. The van der Waals surface area contributed by atoms with Crippen molar-refractivity contribution in [2.24, 2.45) is 0 Å². The van der Waals surface area contributed by atoms with Gasteiger partial charge in [-0.25, -0.2) is 4.79 Å². The molecule has 0 spiro atoms. The van der Waals surface area contributed by atoms with Crippen LogP contribution in [0, 0.1) is 0 Å². The number of urea groups is 1. The molecule has 0 saturated heterocycles.